The number of carbonyl (C=O) groups excluding carboxylic acids is 1. The summed E-state index contributed by atoms with van der Waals surface area (Å²) in [5, 5.41) is 15.6. The lowest BCUT2D eigenvalue weighted by Gasteiger charge is -2.57. The molecular weight excluding hydrogens is 470 g/mol. The summed E-state index contributed by atoms with van der Waals surface area (Å²) in [5.74, 6) is -0.392. The molecule has 0 saturated heterocycles. The van der Waals surface area contributed by atoms with E-state index >= 15 is 0 Å². The average molecular weight is 508 g/mol. The van der Waals surface area contributed by atoms with Gasteiger partial charge in [0.2, 0.25) is 0 Å². The van der Waals surface area contributed by atoms with Crippen LogP contribution in [-0.2, 0) is 19.1 Å². The molecule has 0 amide bonds. The van der Waals surface area contributed by atoms with Crippen molar-refractivity contribution in [2.45, 2.75) is 71.8 Å². The van der Waals surface area contributed by atoms with Gasteiger partial charge in [-0.1, -0.05) is 37.6 Å². The number of rotatable bonds is 4. The first kappa shape index (κ1) is 26.8. The Balaban J connectivity index is 0.000000349. The fraction of sp³-hybridized carbons (Fsp3) is 0.533. The van der Waals surface area contributed by atoms with E-state index < -0.39 is 11.9 Å². The molecule has 198 valence electrons. The Morgan fingerprint density at radius 2 is 1.70 bits per heavy atom. The maximum absolute atomic E-state index is 11.4. The van der Waals surface area contributed by atoms with Crippen LogP contribution in [0.1, 0.15) is 71.3 Å². The predicted molar refractivity (Wildman–Crippen MR) is 139 cm³/mol. The molecule has 7 nitrogen and oxygen atoms in total. The maximum atomic E-state index is 11.4. The Morgan fingerprint density at radius 3 is 2.32 bits per heavy atom. The van der Waals surface area contributed by atoms with Crippen molar-refractivity contribution >= 4 is 23.5 Å². The molecule has 0 aliphatic heterocycles. The van der Waals surface area contributed by atoms with Crippen LogP contribution >= 0.6 is 0 Å². The number of carbonyl (C=O) groups is 3. The number of carboxylic acid groups (broad SMARTS) is 2. The largest absolute Gasteiger partial charge is 0.478 e. The fourth-order valence-electron chi connectivity index (χ4n) is 7.64. The molecule has 0 spiro atoms. The zero-order valence-electron chi connectivity index (χ0n) is 21.9. The molecule has 7 heteroatoms. The molecule has 0 aromatic carbocycles. The molecule has 2 N–H and O–H groups in total. The first-order valence-corrected chi connectivity index (χ1v) is 13.2. The van der Waals surface area contributed by atoms with Gasteiger partial charge in [0.05, 0.1) is 0 Å². The molecule has 4 aliphatic carbocycles. The molecule has 0 unspecified atom stereocenters. The number of hydrogen-bond donors (Lipinski definition) is 2. The van der Waals surface area contributed by atoms with Gasteiger partial charge in [0.15, 0.2) is 0 Å². The second-order valence-corrected chi connectivity index (χ2v) is 11.3. The molecule has 0 radical (unpaired) electrons. The highest BCUT2D eigenvalue weighted by molar-refractivity contribution is 5.89. The molecule has 1 heterocycles. The Kier molecular flexibility index (Phi) is 7.72. The molecule has 5 rings (SSSR count). The Morgan fingerprint density at radius 1 is 1.00 bits per heavy atom. The van der Waals surface area contributed by atoms with E-state index in [9.17, 15) is 14.4 Å². The lowest BCUT2D eigenvalue weighted by atomic mass is 9.47. The predicted octanol–water partition coefficient (Wildman–Crippen LogP) is 5.68. The number of aliphatic carboxylic acids is 2. The van der Waals surface area contributed by atoms with Crippen molar-refractivity contribution in [1.82, 2.24) is 4.98 Å². The molecule has 0 bridgehead atoms. The van der Waals surface area contributed by atoms with Crippen molar-refractivity contribution in [2.75, 3.05) is 0 Å². The molecule has 2 saturated carbocycles. The quantitative estimate of drug-likeness (QED) is 0.306. The van der Waals surface area contributed by atoms with Crippen LogP contribution in [0.2, 0.25) is 0 Å². The van der Waals surface area contributed by atoms with Crippen LogP contribution in [0.3, 0.4) is 0 Å². The van der Waals surface area contributed by atoms with E-state index in [1.54, 1.807) is 5.57 Å². The number of pyridine rings is 1. The summed E-state index contributed by atoms with van der Waals surface area (Å²) >= 11 is 0. The smallest absolute Gasteiger partial charge is 0.328 e. The maximum Gasteiger partial charge on any atom is 0.328 e. The number of ether oxygens (including phenoxy) is 1. The molecule has 1 aromatic heterocycles. The number of fused-ring (bicyclic) bond motifs is 5. The van der Waals surface area contributed by atoms with Gasteiger partial charge in [-0.3, -0.25) is 9.78 Å². The summed E-state index contributed by atoms with van der Waals surface area (Å²) in [6, 6.07) is 4.30. The summed E-state index contributed by atoms with van der Waals surface area (Å²) in [5.41, 5.74) is 4.99. The normalized spacial score (nSPS) is 34.0. The third-order valence-electron chi connectivity index (χ3n) is 9.31. The van der Waals surface area contributed by atoms with E-state index in [1.165, 1.54) is 43.7 Å². The monoisotopic (exact) mass is 507 g/mol. The van der Waals surface area contributed by atoms with Crippen LogP contribution in [-0.4, -0.2) is 39.2 Å². The van der Waals surface area contributed by atoms with Crippen LogP contribution in [0.25, 0.3) is 5.57 Å². The number of aromatic nitrogens is 1. The van der Waals surface area contributed by atoms with Gasteiger partial charge >= 0.3 is 17.9 Å². The van der Waals surface area contributed by atoms with Crippen molar-refractivity contribution < 1.29 is 29.3 Å². The van der Waals surface area contributed by atoms with Gasteiger partial charge in [0.1, 0.15) is 6.10 Å². The van der Waals surface area contributed by atoms with Crippen molar-refractivity contribution in [2.24, 2.45) is 28.6 Å². The van der Waals surface area contributed by atoms with E-state index in [4.69, 9.17) is 14.9 Å². The van der Waals surface area contributed by atoms with E-state index in [-0.39, 0.29) is 22.9 Å². The number of allylic oxidation sites excluding steroid dienone is 3. The van der Waals surface area contributed by atoms with Crippen LogP contribution in [0.4, 0.5) is 0 Å². The zero-order chi connectivity index (χ0) is 26.8. The Hall–Kier alpha value is -3.22. The third-order valence-corrected chi connectivity index (χ3v) is 9.31. The third kappa shape index (κ3) is 5.41. The molecule has 4 aliphatic rings. The summed E-state index contributed by atoms with van der Waals surface area (Å²) in [7, 11) is 0. The minimum atomic E-state index is -1.26. The number of hydrogen-bond acceptors (Lipinski definition) is 5. The standard InChI is InChI=1S/C26H33NO2.C4H4O4/c1-17(28)29-20-10-12-25(2)19(15-20)6-7-21-23-9-8-22(18-5-4-14-27-16-18)26(23,3)13-11-24(21)25;5-3(6)1-2-4(7)8/h4-6,8,14,16,20-21,23-24H,7,9-13,15H2,1-3H3;1-2H,(H,5,6)(H,7,8)/b;2-1+/t20-,21-,23-,24-,25-,26+;/m0./s1. The van der Waals surface area contributed by atoms with Crippen LogP contribution in [0.15, 0.2) is 54.4 Å². The summed E-state index contributed by atoms with van der Waals surface area (Å²) in [6.45, 7) is 6.56. The summed E-state index contributed by atoms with van der Waals surface area (Å²) < 4.78 is 5.58. The second-order valence-electron chi connectivity index (χ2n) is 11.3. The summed E-state index contributed by atoms with van der Waals surface area (Å²) in [4.78, 5) is 34.9. The summed E-state index contributed by atoms with van der Waals surface area (Å²) in [6.07, 6.45) is 18.3. The highest BCUT2D eigenvalue weighted by atomic mass is 16.5. The van der Waals surface area contributed by atoms with Crippen LogP contribution in [0, 0.1) is 28.6 Å². The van der Waals surface area contributed by atoms with Gasteiger partial charge in [0, 0.05) is 37.9 Å². The van der Waals surface area contributed by atoms with Crippen molar-refractivity contribution in [3.63, 3.8) is 0 Å². The molecule has 2 fully saturated rings. The minimum absolute atomic E-state index is 0.0857. The highest BCUT2D eigenvalue weighted by Gasteiger charge is 2.57. The topological polar surface area (TPSA) is 114 Å². The first-order valence-electron chi connectivity index (χ1n) is 13.2. The van der Waals surface area contributed by atoms with Crippen LogP contribution < -0.4 is 0 Å². The number of esters is 1. The lowest BCUT2D eigenvalue weighted by molar-refractivity contribution is -0.148. The molecule has 37 heavy (non-hydrogen) atoms. The average Bonchev–Trinajstić information content (AvgIpc) is 3.21. The van der Waals surface area contributed by atoms with Crippen molar-refractivity contribution in [3.8, 4) is 0 Å². The van der Waals surface area contributed by atoms with Gasteiger partial charge in [-0.25, -0.2) is 9.59 Å². The molecular formula is C30H37NO6. The Bertz CT molecular complexity index is 1120. The minimum Gasteiger partial charge on any atom is -0.478 e. The molecule has 1 aromatic rings. The molecule has 6 atom stereocenters. The van der Waals surface area contributed by atoms with E-state index in [1.807, 2.05) is 12.4 Å². The zero-order valence-corrected chi connectivity index (χ0v) is 21.9. The van der Waals surface area contributed by atoms with Gasteiger partial charge in [-0.15, -0.1) is 0 Å². The van der Waals surface area contributed by atoms with E-state index in [0.717, 1.165) is 37.0 Å². The lowest BCUT2D eigenvalue weighted by Crippen LogP contribution is -2.50. The van der Waals surface area contributed by atoms with E-state index in [0.29, 0.717) is 12.2 Å². The van der Waals surface area contributed by atoms with Gasteiger partial charge in [-0.2, -0.15) is 0 Å². The fourth-order valence-corrected chi connectivity index (χ4v) is 7.64. The van der Waals surface area contributed by atoms with Gasteiger partial charge in [-0.05, 0) is 84.3 Å². The van der Waals surface area contributed by atoms with Crippen molar-refractivity contribution in [3.05, 3.63) is 60.0 Å². The van der Waals surface area contributed by atoms with Crippen LogP contribution in [0.5, 0.6) is 0 Å². The van der Waals surface area contributed by atoms with Gasteiger partial charge < -0.3 is 14.9 Å². The number of carboxylic acids is 2. The Labute approximate surface area is 218 Å². The van der Waals surface area contributed by atoms with E-state index in [2.05, 4.69) is 43.1 Å². The highest BCUT2D eigenvalue weighted by Crippen LogP contribution is 2.66. The first-order chi connectivity index (χ1) is 17.5. The van der Waals surface area contributed by atoms with Crippen molar-refractivity contribution in [1.29, 1.82) is 0 Å². The number of nitrogens with zero attached hydrogens (tertiary/aromatic N) is 1. The SMILES string of the molecule is CC(=O)O[C@H]1CC[C@@]2(C)C(=CC[C@@H]3[C@@H]2CC[C@]2(C)C(c4cccnc4)=CC[C@@H]32)C1.O=C(O)/C=C/C(=O)O. The second kappa shape index (κ2) is 10.6. The van der Waals surface area contributed by atoms with Gasteiger partial charge in [0.25, 0.3) is 0 Å².